The first-order chi connectivity index (χ1) is 8.03. The fourth-order valence-corrected chi connectivity index (χ4v) is 3.84. The molecule has 0 radical (unpaired) electrons. The summed E-state index contributed by atoms with van der Waals surface area (Å²) in [5.41, 5.74) is 3.44. The molecule has 1 nitrogen and oxygen atoms in total. The smallest absolute Gasteiger partial charge is 0.0803 e. The Balaban J connectivity index is 2.25. The lowest BCUT2D eigenvalue weighted by atomic mass is 9.84. The van der Waals surface area contributed by atoms with Crippen LogP contribution in [0.15, 0.2) is 18.2 Å². The molecule has 1 aliphatic rings. The summed E-state index contributed by atoms with van der Waals surface area (Å²) in [4.78, 5) is 0. The van der Waals surface area contributed by atoms with E-state index in [-0.39, 0.29) is 0 Å². The normalized spacial score (nSPS) is 29.3. The molecule has 0 spiro atoms. The van der Waals surface area contributed by atoms with Gasteiger partial charge in [-0.25, -0.2) is 0 Å². The lowest BCUT2D eigenvalue weighted by molar-refractivity contribution is 0.0295. The zero-order valence-corrected chi connectivity index (χ0v) is 11.8. The van der Waals surface area contributed by atoms with Crippen molar-refractivity contribution in [2.24, 2.45) is 0 Å². The third-order valence-electron chi connectivity index (χ3n) is 4.01. The van der Waals surface area contributed by atoms with Gasteiger partial charge in [-0.1, -0.05) is 25.1 Å². The molecule has 1 saturated heterocycles. The summed E-state index contributed by atoms with van der Waals surface area (Å²) in [5, 5.41) is 11.2. The van der Waals surface area contributed by atoms with E-state index in [1.54, 1.807) is 0 Å². The Kier molecular flexibility index (Phi) is 3.84. The average Bonchev–Trinajstić information content (AvgIpc) is 2.28. The van der Waals surface area contributed by atoms with E-state index in [0.29, 0.717) is 5.25 Å². The minimum Gasteiger partial charge on any atom is -0.388 e. The highest BCUT2D eigenvalue weighted by Crippen LogP contribution is 2.37. The van der Waals surface area contributed by atoms with Crippen molar-refractivity contribution >= 4 is 11.8 Å². The van der Waals surface area contributed by atoms with Crippen LogP contribution in [-0.4, -0.2) is 21.7 Å². The molecule has 0 saturated carbocycles. The molecule has 94 valence electrons. The lowest BCUT2D eigenvalue weighted by Crippen LogP contribution is -2.44. The van der Waals surface area contributed by atoms with Gasteiger partial charge in [0.1, 0.15) is 0 Å². The van der Waals surface area contributed by atoms with E-state index in [9.17, 15) is 5.11 Å². The highest BCUT2D eigenvalue weighted by atomic mass is 32.2. The highest BCUT2D eigenvalue weighted by molar-refractivity contribution is 8.00. The summed E-state index contributed by atoms with van der Waals surface area (Å²) in [5.74, 6) is 1.19. The van der Waals surface area contributed by atoms with Gasteiger partial charge in [-0.2, -0.15) is 11.8 Å². The Morgan fingerprint density at radius 3 is 2.59 bits per heavy atom. The molecule has 1 aliphatic heterocycles. The first-order valence-electron chi connectivity index (χ1n) is 6.42. The summed E-state index contributed by atoms with van der Waals surface area (Å²) in [6, 6.07) is 6.38. The average molecular weight is 250 g/mol. The molecule has 1 fully saturated rings. The van der Waals surface area contributed by atoms with Crippen LogP contribution in [0.3, 0.4) is 0 Å². The third kappa shape index (κ3) is 2.69. The zero-order valence-electron chi connectivity index (χ0n) is 11.0. The fourth-order valence-electron chi connectivity index (χ4n) is 2.66. The van der Waals surface area contributed by atoms with Crippen molar-refractivity contribution in [1.82, 2.24) is 0 Å². The van der Waals surface area contributed by atoms with Gasteiger partial charge in [-0.15, -0.1) is 0 Å². The summed E-state index contributed by atoms with van der Waals surface area (Å²) in [6.07, 6.45) is 2.88. The summed E-state index contributed by atoms with van der Waals surface area (Å²) in [7, 11) is 0. The van der Waals surface area contributed by atoms with Gasteiger partial charge in [0.25, 0.3) is 0 Å². The molecule has 2 heteroatoms. The second kappa shape index (κ2) is 5.03. The molecular formula is C15H22OS. The maximum Gasteiger partial charge on any atom is 0.0803 e. The molecule has 17 heavy (non-hydrogen) atoms. The second-order valence-electron chi connectivity index (χ2n) is 5.27. The molecule has 0 bridgehead atoms. The fraction of sp³-hybridized carbons (Fsp3) is 0.600. The van der Waals surface area contributed by atoms with Crippen molar-refractivity contribution in [2.75, 3.05) is 5.75 Å². The van der Waals surface area contributed by atoms with Gasteiger partial charge in [-0.05, 0) is 49.1 Å². The van der Waals surface area contributed by atoms with Crippen LogP contribution in [0.1, 0.15) is 36.5 Å². The molecule has 1 N–H and O–H groups in total. The summed E-state index contributed by atoms with van der Waals surface area (Å²) in [6.45, 7) is 6.45. The van der Waals surface area contributed by atoms with Crippen molar-refractivity contribution in [3.8, 4) is 0 Å². The quantitative estimate of drug-likeness (QED) is 0.867. The molecular weight excluding hydrogens is 228 g/mol. The molecule has 0 amide bonds. The van der Waals surface area contributed by atoms with Crippen LogP contribution in [0.4, 0.5) is 0 Å². The van der Waals surface area contributed by atoms with Gasteiger partial charge < -0.3 is 5.11 Å². The maximum atomic E-state index is 10.8. The molecule has 1 aromatic rings. The van der Waals surface area contributed by atoms with Crippen molar-refractivity contribution in [2.45, 2.75) is 50.9 Å². The topological polar surface area (TPSA) is 20.2 Å². The van der Waals surface area contributed by atoms with Gasteiger partial charge in [0, 0.05) is 11.7 Å². The van der Waals surface area contributed by atoms with E-state index >= 15 is 0 Å². The Labute approximate surface area is 109 Å². The predicted molar refractivity (Wildman–Crippen MR) is 75.7 cm³/mol. The van der Waals surface area contributed by atoms with Crippen LogP contribution in [0, 0.1) is 13.8 Å². The third-order valence-corrected chi connectivity index (χ3v) is 5.47. The Hall–Kier alpha value is -0.470. The minimum atomic E-state index is -0.514. The number of aryl methyl sites for hydroxylation is 2. The van der Waals surface area contributed by atoms with Crippen LogP contribution < -0.4 is 0 Å². The van der Waals surface area contributed by atoms with Crippen LogP contribution in [0.2, 0.25) is 0 Å². The van der Waals surface area contributed by atoms with E-state index in [1.807, 2.05) is 11.8 Å². The molecule has 1 aromatic carbocycles. The van der Waals surface area contributed by atoms with Crippen molar-refractivity contribution in [3.05, 3.63) is 34.9 Å². The number of hydrogen-bond acceptors (Lipinski definition) is 2. The molecule has 2 atom stereocenters. The van der Waals surface area contributed by atoms with Crippen molar-refractivity contribution < 1.29 is 5.11 Å². The number of thioether (sulfide) groups is 1. The molecule has 0 aromatic heterocycles. The van der Waals surface area contributed by atoms with E-state index in [0.717, 1.165) is 19.3 Å². The predicted octanol–water partition coefficient (Wildman–Crippen LogP) is 3.49. The number of hydrogen-bond donors (Lipinski definition) is 1. The highest BCUT2D eigenvalue weighted by Gasteiger charge is 2.37. The first-order valence-corrected chi connectivity index (χ1v) is 7.47. The van der Waals surface area contributed by atoms with Crippen molar-refractivity contribution in [1.29, 1.82) is 0 Å². The summed E-state index contributed by atoms with van der Waals surface area (Å²) < 4.78 is 0. The molecule has 2 unspecified atom stereocenters. The van der Waals surface area contributed by atoms with Gasteiger partial charge in [-0.3, -0.25) is 0 Å². The number of benzene rings is 1. The van der Waals surface area contributed by atoms with Crippen LogP contribution in [0.5, 0.6) is 0 Å². The van der Waals surface area contributed by atoms with Gasteiger partial charge in [0.05, 0.1) is 5.60 Å². The zero-order chi connectivity index (χ0) is 12.5. The van der Waals surface area contributed by atoms with Gasteiger partial charge in [0.2, 0.25) is 0 Å². The lowest BCUT2D eigenvalue weighted by Gasteiger charge is -2.38. The standard InChI is InChI=1S/C15H22OS/c1-11-6-4-7-12(2)14(11)10-15(16)8-5-9-17-13(15)3/h4,6-7,13,16H,5,8-10H2,1-3H3. The summed E-state index contributed by atoms with van der Waals surface area (Å²) >= 11 is 1.91. The Bertz CT molecular complexity index is 382. The first kappa shape index (κ1) is 13.0. The van der Waals surface area contributed by atoms with Crippen LogP contribution in [0.25, 0.3) is 0 Å². The van der Waals surface area contributed by atoms with E-state index in [4.69, 9.17) is 0 Å². The molecule has 0 aliphatic carbocycles. The van der Waals surface area contributed by atoms with E-state index in [1.165, 1.54) is 22.4 Å². The number of aliphatic hydroxyl groups is 1. The van der Waals surface area contributed by atoms with Crippen LogP contribution >= 0.6 is 11.8 Å². The largest absolute Gasteiger partial charge is 0.388 e. The van der Waals surface area contributed by atoms with Crippen LogP contribution in [-0.2, 0) is 6.42 Å². The second-order valence-corrected chi connectivity index (χ2v) is 6.72. The molecule has 2 rings (SSSR count). The molecule has 1 heterocycles. The van der Waals surface area contributed by atoms with E-state index < -0.39 is 5.60 Å². The SMILES string of the molecule is Cc1cccc(C)c1CC1(O)CCCSC1C. The van der Waals surface area contributed by atoms with Crippen molar-refractivity contribution in [3.63, 3.8) is 0 Å². The van der Waals surface area contributed by atoms with E-state index in [2.05, 4.69) is 39.0 Å². The minimum absolute atomic E-state index is 0.343. The Morgan fingerprint density at radius 2 is 2.00 bits per heavy atom. The van der Waals surface area contributed by atoms with Gasteiger partial charge in [0.15, 0.2) is 0 Å². The van der Waals surface area contributed by atoms with Gasteiger partial charge >= 0.3 is 0 Å². The number of rotatable bonds is 2. The maximum absolute atomic E-state index is 10.8. The Morgan fingerprint density at radius 1 is 1.35 bits per heavy atom. The monoisotopic (exact) mass is 250 g/mol.